The molecule has 3 fully saturated rings. The average molecular weight is 656 g/mol. The van der Waals surface area contributed by atoms with Crippen LogP contribution in [0.25, 0.3) is 0 Å². The fourth-order valence-corrected chi connectivity index (χ4v) is 11.0. The van der Waals surface area contributed by atoms with Gasteiger partial charge in [0, 0.05) is 5.57 Å². The summed E-state index contributed by atoms with van der Waals surface area (Å²) in [7, 11) is -4.47. The van der Waals surface area contributed by atoms with Gasteiger partial charge in [-0.3, -0.25) is 9.35 Å². The van der Waals surface area contributed by atoms with Gasteiger partial charge in [0.05, 0.1) is 6.10 Å². The lowest BCUT2D eigenvalue weighted by atomic mass is 9.47. The summed E-state index contributed by atoms with van der Waals surface area (Å²) >= 11 is 0. The molecule has 0 heterocycles. The van der Waals surface area contributed by atoms with Crippen molar-refractivity contribution in [3.63, 3.8) is 0 Å². The Morgan fingerprint density at radius 3 is 2.39 bits per heavy atom. The molecule has 8 nitrogen and oxygen atoms in total. The standard InChI is InChI=1S/C37H53NO7S/c1-22(24(3)34(39)38-33(35(40)41)26-10-8-7-9-11-26)12-13-23(2)28-16-17-30-27-14-15-29-25(4)32(45-46(42,43)44)19-21-37(29,6)31(27)18-20-36(28,30)5/h7-11,22-23,25,28-29,31-33H,3,12-21H2,1-2,4-6H3,(H,38,39)(H,40,41)(H,42,43,44)/t22?,23-,25+,28-,29?,31+,32+,33+,36-,37+/m1/s1. The molecule has 0 saturated heterocycles. The molecule has 46 heavy (non-hydrogen) atoms. The van der Waals surface area contributed by atoms with E-state index in [1.165, 1.54) is 6.42 Å². The van der Waals surface area contributed by atoms with Crippen molar-refractivity contribution in [3.8, 4) is 0 Å². The van der Waals surface area contributed by atoms with Gasteiger partial charge < -0.3 is 10.4 Å². The van der Waals surface area contributed by atoms with Crippen LogP contribution in [-0.4, -0.2) is 36.1 Å². The topological polar surface area (TPSA) is 130 Å². The Morgan fingerprint density at radius 2 is 1.74 bits per heavy atom. The van der Waals surface area contributed by atoms with Gasteiger partial charge in [-0.25, -0.2) is 8.98 Å². The van der Waals surface area contributed by atoms with Crippen molar-refractivity contribution in [2.45, 2.75) is 111 Å². The number of rotatable bonds is 11. The number of amides is 1. The van der Waals surface area contributed by atoms with Gasteiger partial charge in [-0.05, 0) is 116 Å². The monoisotopic (exact) mass is 655 g/mol. The van der Waals surface area contributed by atoms with E-state index in [0.717, 1.165) is 51.4 Å². The highest BCUT2D eigenvalue weighted by Crippen LogP contribution is 2.66. The Morgan fingerprint density at radius 1 is 1.04 bits per heavy atom. The van der Waals surface area contributed by atoms with Crippen molar-refractivity contribution in [1.82, 2.24) is 5.32 Å². The van der Waals surface area contributed by atoms with Gasteiger partial charge in [0.25, 0.3) is 0 Å². The van der Waals surface area contributed by atoms with Gasteiger partial charge in [-0.2, -0.15) is 8.42 Å². The van der Waals surface area contributed by atoms with Gasteiger partial charge in [-0.1, -0.05) is 82.7 Å². The van der Waals surface area contributed by atoms with Crippen LogP contribution in [0.15, 0.2) is 53.6 Å². The minimum atomic E-state index is -4.47. The lowest BCUT2D eigenvalue weighted by Crippen LogP contribution is -2.52. The van der Waals surface area contributed by atoms with Gasteiger partial charge >= 0.3 is 16.4 Å². The minimum absolute atomic E-state index is 0.0624. The third-order valence-electron chi connectivity index (χ3n) is 13.1. The van der Waals surface area contributed by atoms with Crippen LogP contribution in [0.5, 0.6) is 0 Å². The zero-order valence-electron chi connectivity index (χ0n) is 28.1. The molecule has 1 aromatic rings. The normalized spacial score (nSPS) is 34.4. The largest absolute Gasteiger partial charge is 0.479 e. The maximum Gasteiger partial charge on any atom is 0.397 e. The molecule has 5 rings (SSSR count). The number of allylic oxidation sites excluding steroid dienone is 2. The first kappa shape index (κ1) is 34.8. The number of fused-ring (bicyclic) bond motifs is 4. The molecule has 3 N–H and O–H groups in total. The number of benzene rings is 1. The van der Waals surface area contributed by atoms with Crippen LogP contribution < -0.4 is 5.32 Å². The smallest absolute Gasteiger partial charge is 0.397 e. The van der Waals surface area contributed by atoms with E-state index in [1.54, 1.807) is 35.4 Å². The highest BCUT2D eigenvalue weighted by Gasteiger charge is 2.57. The molecule has 254 valence electrons. The second-order valence-corrected chi connectivity index (χ2v) is 16.5. The predicted octanol–water partition coefficient (Wildman–Crippen LogP) is 7.69. The van der Waals surface area contributed by atoms with E-state index in [4.69, 9.17) is 4.18 Å². The van der Waals surface area contributed by atoms with Crippen LogP contribution in [0.2, 0.25) is 0 Å². The third-order valence-corrected chi connectivity index (χ3v) is 13.5. The number of carbonyl (C=O) groups is 2. The van der Waals surface area contributed by atoms with E-state index in [1.807, 2.05) is 13.0 Å². The minimum Gasteiger partial charge on any atom is -0.479 e. The van der Waals surface area contributed by atoms with Crippen molar-refractivity contribution < 1.29 is 31.8 Å². The van der Waals surface area contributed by atoms with Crippen molar-refractivity contribution in [2.24, 2.45) is 46.3 Å². The number of hydrogen-bond donors (Lipinski definition) is 3. The number of hydrogen-bond acceptors (Lipinski definition) is 5. The molecular weight excluding hydrogens is 602 g/mol. The molecule has 10 atom stereocenters. The maximum atomic E-state index is 13.0. The first-order chi connectivity index (χ1) is 21.6. The van der Waals surface area contributed by atoms with Crippen molar-refractivity contribution >= 4 is 22.3 Å². The van der Waals surface area contributed by atoms with Gasteiger partial charge in [0.2, 0.25) is 5.91 Å². The quantitative estimate of drug-likeness (QED) is 0.127. The lowest BCUT2D eigenvalue weighted by Gasteiger charge is -2.58. The predicted molar refractivity (Wildman–Crippen MR) is 178 cm³/mol. The maximum absolute atomic E-state index is 13.0. The molecule has 4 aliphatic carbocycles. The Bertz CT molecular complexity index is 1470. The van der Waals surface area contributed by atoms with Gasteiger partial charge in [-0.15, -0.1) is 0 Å². The highest BCUT2D eigenvalue weighted by molar-refractivity contribution is 7.80. The molecule has 0 aliphatic heterocycles. The third kappa shape index (κ3) is 6.61. The number of carbonyl (C=O) groups excluding carboxylic acids is 1. The van der Waals surface area contributed by atoms with E-state index < -0.39 is 34.4 Å². The Balaban J connectivity index is 1.22. The summed E-state index contributed by atoms with van der Waals surface area (Å²) in [5.41, 5.74) is 4.59. The van der Waals surface area contributed by atoms with E-state index in [2.05, 4.69) is 39.6 Å². The Hall–Kier alpha value is -2.49. The molecule has 0 bridgehead atoms. The van der Waals surface area contributed by atoms with E-state index in [9.17, 15) is 27.7 Å². The molecule has 0 radical (unpaired) electrons. The van der Waals surface area contributed by atoms with Crippen molar-refractivity contribution in [1.29, 1.82) is 0 Å². The van der Waals surface area contributed by atoms with Crippen LogP contribution in [0, 0.1) is 46.3 Å². The second-order valence-electron chi connectivity index (χ2n) is 15.4. The van der Waals surface area contributed by atoms with Crippen LogP contribution in [0.1, 0.15) is 110 Å². The van der Waals surface area contributed by atoms with Gasteiger partial charge in [0.15, 0.2) is 6.04 Å². The van der Waals surface area contributed by atoms with Gasteiger partial charge in [0.1, 0.15) is 0 Å². The zero-order chi connectivity index (χ0) is 33.6. The first-order valence-corrected chi connectivity index (χ1v) is 18.6. The lowest BCUT2D eigenvalue weighted by molar-refractivity contribution is -0.141. The van der Waals surface area contributed by atoms with Crippen LogP contribution in [-0.2, 0) is 24.2 Å². The number of aliphatic carboxylic acids is 1. The number of carboxylic acids is 1. The summed E-state index contributed by atoms with van der Waals surface area (Å²) in [5, 5.41) is 12.4. The molecule has 9 heteroatoms. The first-order valence-electron chi connectivity index (χ1n) is 17.2. The summed E-state index contributed by atoms with van der Waals surface area (Å²) in [6, 6.07) is 7.62. The average Bonchev–Trinajstić information content (AvgIpc) is 3.36. The van der Waals surface area contributed by atoms with E-state index in [-0.39, 0.29) is 22.7 Å². The second kappa shape index (κ2) is 13.2. The molecule has 1 aromatic carbocycles. The summed E-state index contributed by atoms with van der Waals surface area (Å²) in [4.78, 5) is 24.9. The van der Waals surface area contributed by atoms with Crippen LogP contribution in [0.4, 0.5) is 0 Å². The van der Waals surface area contributed by atoms with Crippen molar-refractivity contribution in [2.75, 3.05) is 0 Å². The highest BCUT2D eigenvalue weighted by atomic mass is 32.3. The summed E-state index contributed by atoms with van der Waals surface area (Å²) in [6.45, 7) is 15.4. The molecule has 2 unspecified atom stereocenters. The number of nitrogens with one attached hydrogen (secondary N) is 1. The summed E-state index contributed by atoms with van der Waals surface area (Å²) in [6.07, 6.45) is 9.63. The zero-order valence-corrected chi connectivity index (χ0v) is 28.9. The SMILES string of the molecule is C=C(C(=O)N[C@H](C(=O)O)c1ccccc1)C(C)CC[C@@H](C)[C@H]1CCC2=C3CCC4[C@H](C)[C@@H](OS(=O)(=O)O)CC[C@]4(C)[C@H]3CC[C@@]21C. The van der Waals surface area contributed by atoms with E-state index >= 15 is 0 Å². The molecule has 1 amide bonds. The molecule has 4 aliphatic rings. The Kier molecular flexibility index (Phi) is 9.99. The Labute approximate surface area is 275 Å². The summed E-state index contributed by atoms with van der Waals surface area (Å²) in [5.74, 6) is 0.442. The molecule has 3 saturated carbocycles. The van der Waals surface area contributed by atoms with E-state index in [0.29, 0.717) is 41.2 Å². The van der Waals surface area contributed by atoms with Crippen LogP contribution in [0.3, 0.4) is 0 Å². The van der Waals surface area contributed by atoms with Crippen molar-refractivity contribution in [3.05, 3.63) is 59.2 Å². The fraction of sp³-hybridized carbons (Fsp3) is 0.676. The molecule has 0 aromatic heterocycles. The molecular formula is C37H53NO7S. The summed E-state index contributed by atoms with van der Waals surface area (Å²) < 4.78 is 37.5. The molecule has 0 spiro atoms. The van der Waals surface area contributed by atoms with Crippen LogP contribution >= 0.6 is 0 Å². The number of carboxylic acid groups (broad SMARTS) is 1. The fourth-order valence-electron chi connectivity index (χ4n) is 10.4.